The number of nitrogens with one attached hydrogen (secondary N) is 1. The smallest absolute Gasteiger partial charge is 0.142 e. The van der Waals surface area contributed by atoms with Gasteiger partial charge in [-0.05, 0) is 13.0 Å². The molecule has 16 heavy (non-hydrogen) atoms. The van der Waals surface area contributed by atoms with Gasteiger partial charge in [-0.15, -0.1) is 0 Å². The van der Waals surface area contributed by atoms with Gasteiger partial charge in [0.05, 0.1) is 0 Å². The van der Waals surface area contributed by atoms with Gasteiger partial charge in [-0.25, -0.2) is 5.84 Å². The van der Waals surface area contributed by atoms with E-state index in [-0.39, 0.29) is 6.15 Å². The molecule has 0 aliphatic rings. The molecule has 92 valence electrons. The normalized spacial score (nSPS) is 8.31. The van der Waals surface area contributed by atoms with Crippen LogP contribution >= 0.6 is 0 Å². The third-order valence-corrected chi connectivity index (χ3v) is 1.64. The number of hydrogen-bond acceptors (Lipinski definition) is 3. The van der Waals surface area contributed by atoms with Crippen molar-refractivity contribution >= 4 is 5.84 Å². The largest absolute Gasteiger partial charge is 0.344 e. The van der Waals surface area contributed by atoms with E-state index in [1.807, 2.05) is 31.2 Å². The van der Waals surface area contributed by atoms with Gasteiger partial charge in [-0.1, -0.05) is 44.0 Å². The SMILES string of the molecule is CCC.Cc1cccc(C(=N)N(C)N)c1.N. The van der Waals surface area contributed by atoms with Gasteiger partial charge >= 0.3 is 0 Å². The molecule has 1 aromatic rings. The lowest BCUT2D eigenvalue weighted by molar-refractivity contribution is 0.536. The van der Waals surface area contributed by atoms with Crippen LogP contribution in [-0.4, -0.2) is 17.9 Å². The Morgan fingerprint density at radius 1 is 1.38 bits per heavy atom. The third-order valence-electron chi connectivity index (χ3n) is 1.64. The van der Waals surface area contributed by atoms with Crippen molar-refractivity contribution in [1.29, 1.82) is 5.41 Å². The number of benzene rings is 1. The maximum Gasteiger partial charge on any atom is 0.142 e. The zero-order chi connectivity index (χ0) is 11.8. The number of hydrogen-bond donors (Lipinski definition) is 3. The van der Waals surface area contributed by atoms with Crippen molar-refractivity contribution < 1.29 is 0 Å². The number of aryl methyl sites for hydroxylation is 1. The van der Waals surface area contributed by atoms with Crippen molar-refractivity contribution in [2.75, 3.05) is 7.05 Å². The molecule has 1 rings (SSSR count). The van der Waals surface area contributed by atoms with Gasteiger partial charge < -0.3 is 6.15 Å². The lowest BCUT2D eigenvalue weighted by atomic mass is 10.1. The lowest BCUT2D eigenvalue weighted by Crippen LogP contribution is -2.33. The molecule has 0 radical (unpaired) electrons. The van der Waals surface area contributed by atoms with Crippen molar-refractivity contribution in [3.8, 4) is 0 Å². The minimum absolute atomic E-state index is 0. The molecule has 0 aliphatic carbocycles. The van der Waals surface area contributed by atoms with E-state index in [4.69, 9.17) is 11.3 Å². The third kappa shape index (κ3) is 6.16. The summed E-state index contributed by atoms with van der Waals surface area (Å²) < 4.78 is 0. The van der Waals surface area contributed by atoms with Crippen LogP contribution < -0.4 is 12.0 Å². The van der Waals surface area contributed by atoms with Gasteiger partial charge in [-0.2, -0.15) is 0 Å². The fourth-order valence-electron chi connectivity index (χ4n) is 0.996. The van der Waals surface area contributed by atoms with Crippen LogP contribution in [0.15, 0.2) is 24.3 Å². The summed E-state index contributed by atoms with van der Waals surface area (Å²) in [6.45, 7) is 6.24. The number of nitrogens with zero attached hydrogens (tertiary/aromatic N) is 1. The van der Waals surface area contributed by atoms with Crippen molar-refractivity contribution in [2.24, 2.45) is 5.84 Å². The summed E-state index contributed by atoms with van der Waals surface area (Å²) >= 11 is 0. The maximum absolute atomic E-state index is 7.58. The Balaban J connectivity index is 0. The molecular weight excluding hydrogens is 200 g/mol. The van der Waals surface area contributed by atoms with Gasteiger partial charge in [0, 0.05) is 12.6 Å². The monoisotopic (exact) mass is 224 g/mol. The standard InChI is InChI=1S/C9H13N3.C3H8.H3N/c1-7-4-3-5-8(6-7)9(10)12(2)11;1-3-2;/h3-6,10H,11H2,1-2H3;3H2,1-2H3;1H3. The van der Waals surface area contributed by atoms with E-state index in [1.165, 1.54) is 11.4 Å². The van der Waals surface area contributed by atoms with E-state index in [2.05, 4.69) is 13.8 Å². The maximum atomic E-state index is 7.58. The fraction of sp³-hybridized carbons (Fsp3) is 0.417. The Hall–Kier alpha value is -1.39. The minimum Gasteiger partial charge on any atom is -0.344 e. The Kier molecular flexibility index (Phi) is 9.45. The molecule has 0 saturated carbocycles. The quantitative estimate of drug-likeness (QED) is 0.296. The van der Waals surface area contributed by atoms with Gasteiger partial charge in [0.15, 0.2) is 0 Å². The Morgan fingerprint density at radius 3 is 2.25 bits per heavy atom. The molecule has 0 aliphatic heterocycles. The molecule has 1 aromatic carbocycles. The topological polar surface area (TPSA) is 88.1 Å². The first kappa shape index (κ1) is 17.0. The zero-order valence-corrected chi connectivity index (χ0v) is 10.7. The molecule has 0 atom stereocenters. The molecule has 6 N–H and O–H groups in total. The summed E-state index contributed by atoms with van der Waals surface area (Å²) in [5, 5.41) is 8.88. The molecule has 4 nitrogen and oxygen atoms in total. The van der Waals surface area contributed by atoms with Crippen LogP contribution in [0.2, 0.25) is 0 Å². The zero-order valence-electron chi connectivity index (χ0n) is 10.7. The van der Waals surface area contributed by atoms with Crippen molar-refractivity contribution in [3.63, 3.8) is 0 Å². The fourth-order valence-corrected chi connectivity index (χ4v) is 0.996. The van der Waals surface area contributed by atoms with Crippen molar-refractivity contribution in [1.82, 2.24) is 11.2 Å². The van der Waals surface area contributed by atoms with E-state index in [0.29, 0.717) is 5.84 Å². The average molecular weight is 224 g/mol. The van der Waals surface area contributed by atoms with Gasteiger partial charge in [0.1, 0.15) is 5.84 Å². The van der Waals surface area contributed by atoms with Gasteiger partial charge in [0.2, 0.25) is 0 Å². The van der Waals surface area contributed by atoms with Crippen LogP contribution in [0, 0.1) is 12.3 Å². The van der Waals surface area contributed by atoms with E-state index >= 15 is 0 Å². The summed E-state index contributed by atoms with van der Waals surface area (Å²) in [4.78, 5) is 0. The van der Waals surface area contributed by atoms with Crippen molar-refractivity contribution in [2.45, 2.75) is 27.2 Å². The Morgan fingerprint density at radius 2 is 1.88 bits per heavy atom. The summed E-state index contributed by atoms with van der Waals surface area (Å²) in [5.41, 5.74) is 1.99. The lowest BCUT2D eigenvalue weighted by Gasteiger charge is -2.13. The number of amidine groups is 1. The highest BCUT2D eigenvalue weighted by Crippen LogP contribution is 2.04. The highest BCUT2D eigenvalue weighted by Gasteiger charge is 2.02. The molecule has 0 unspecified atom stereocenters. The molecule has 0 amide bonds. The molecular formula is C12H24N4. The molecule has 0 fully saturated rings. The van der Waals surface area contributed by atoms with E-state index in [0.717, 1.165) is 11.1 Å². The predicted octanol–water partition coefficient (Wildman–Crippen LogP) is 2.70. The first-order chi connectivity index (χ1) is 7.02. The van der Waals surface area contributed by atoms with Crippen molar-refractivity contribution in [3.05, 3.63) is 35.4 Å². The first-order valence-electron chi connectivity index (χ1n) is 5.16. The van der Waals surface area contributed by atoms with Crippen LogP contribution in [-0.2, 0) is 0 Å². The molecule has 0 heterocycles. The van der Waals surface area contributed by atoms with Crippen LogP contribution in [0.25, 0.3) is 0 Å². The van der Waals surface area contributed by atoms with Gasteiger partial charge in [0.25, 0.3) is 0 Å². The van der Waals surface area contributed by atoms with Crippen LogP contribution in [0.5, 0.6) is 0 Å². The van der Waals surface area contributed by atoms with Crippen LogP contribution in [0.4, 0.5) is 0 Å². The van der Waals surface area contributed by atoms with E-state index < -0.39 is 0 Å². The van der Waals surface area contributed by atoms with Crippen LogP contribution in [0.3, 0.4) is 0 Å². The summed E-state index contributed by atoms with van der Waals surface area (Å²) in [6.07, 6.45) is 1.25. The highest BCUT2D eigenvalue weighted by atomic mass is 15.4. The van der Waals surface area contributed by atoms with Crippen LogP contribution in [0.1, 0.15) is 31.4 Å². The Labute approximate surface area is 98.5 Å². The summed E-state index contributed by atoms with van der Waals surface area (Å²) in [6, 6.07) is 7.72. The minimum atomic E-state index is 0. The highest BCUT2D eigenvalue weighted by molar-refractivity contribution is 5.95. The first-order valence-corrected chi connectivity index (χ1v) is 5.16. The molecule has 4 heteroatoms. The summed E-state index contributed by atoms with van der Waals surface area (Å²) in [7, 11) is 1.66. The molecule has 0 saturated heterocycles. The van der Waals surface area contributed by atoms with E-state index in [1.54, 1.807) is 7.05 Å². The molecule has 0 spiro atoms. The Bertz CT molecular complexity index is 308. The molecule has 0 bridgehead atoms. The summed E-state index contributed by atoms with van der Waals surface area (Å²) in [5.74, 6) is 5.76. The predicted molar refractivity (Wildman–Crippen MR) is 70.9 cm³/mol. The van der Waals surface area contributed by atoms with E-state index in [9.17, 15) is 0 Å². The average Bonchev–Trinajstić information content (AvgIpc) is 2.17. The second-order valence-electron chi connectivity index (χ2n) is 3.54. The van der Waals surface area contributed by atoms with Gasteiger partial charge in [-0.3, -0.25) is 10.4 Å². The number of nitrogens with two attached hydrogens (primary N) is 1. The number of rotatable bonds is 1. The number of hydrazine groups is 1. The molecule has 0 aromatic heterocycles. The second-order valence-corrected chi connectivity index (χ2v) is 3.54. The second kappa shape index (κ2) is 8.88.